The highest BCUT2D eigenvalue weighted by Gasteiger charge is 2.15. The van der Waals surface area contributed by atoms with Gasteiger partial charge in [0.1, 0.15) is 5.75 Å². The van der Waals surface area contributed by atoms with Gasteiger partial charge in [-0.2, -0.15) is 20.5 Å². The molecule has 1 aromatic carbocycles. The van der Waals surface area contributed by atoms with Gasteiger partial charge in [-0.3, -0.25) is 0 Å². The summed E-state index contributed by atoms with van der Waals surface area (Å²) >= 11 is 1.84. The van der Waals surface area contributed by atoms with Gasteiger partial charge < -0.3 is 15.4 Å². The second-order valence-electron chi connectivity index (χ2n) is 4.77. The van der Waals surface area contributed by atoms with Crippen molar-refractivity contribution in [3.63, 3.8) is 0 Å². The number of ether oxygens (including phenoxy) is 1. The first-order valence-corrected chi connectivity index (χ1v) is 7.95. The van der Waals surface area contributed by atoms with E-state index in [0.717, 1.165) is 24.3 Å². The van der Waals surface area contributed by atoms with Crippen molar-refractivity contribution in [3.8, 4) is 5.75 Å². The fourth-order valence-corrected chi connectivity index (χ4v) is 3.18. The predicted molar refractivity (Wildman–Crippen MR) is 78.8 cm³/mol. The van der Waals surface area contributed by atoms with E-state index in [4.69, 9.17) is 0 Å². The lowest BCUT2D eigenvalue weighted by Gasteiger charge is -2.22. The number of amides is 2. The van der Waals surface area contributed by atoms with Crippen molar-refractivity contribution in [3.05, 3.63) is 29.8 Å². The van der Waals surface area contributed by atoms with Crippen LogP contribution in [0.4, 0.5) is 13.6 Å². The molecule has 1 heterocycles. The molecule has 0 unspecified atom stereocenters. The highest BCUT2D eigenvalue weighted by Crippen LogP contribution is 2.17. The van der Waals surface area contributed by atoms with E-state index in [1.54, 1.807) is 12.1 Å². The minimum absolute atomic E-state index is 0.0911. The average Bonchev–Trinajstić information content (AvgIpc) is 2.46. The predicted octanol–water partition coefficient (Wildman–Crippen LogP) is 2.98. The number of alkyl halides is 2. The van der Waals surface area contributed by atoms with Crippen LogP contribution >= 0.6 is 11.8 Å². The summed E-state index contributed by atoms with van der Waals surface area (Å²) in [6, 6.07) is 6.28. The van der Waals surface area contributed by atoms with Crippen LogP contribution in [0, 0.1) is 0 Å². The number of carbonyl (C=O) groups excluding carboxylic acids is 1. The molecule has 1 fully saturated rings. The van der Waals surface area contributed by atoms with Crippen molar-refractivity contribution in [1.82, 2.24) is 10.6 Å². The number of rotatable bonds is 5. The first-order valence-electron chi connectivity index (χ1n) is 6.79. The van der Waals surface area contributed by atoms with Gasteiger partial charge in [-0.25, -0.2) is 4.79 Å². The average molecular weight is 316 g/mol. The molecule has 0 radical (unpaired) electrons. The summed E-state index contributed by atoms with van der Waals surface area (Å²) in [5.74, 6) is 2.18. The molecular weight excluding hydrogens is 298 g/mol. The number of halogens is 2. The second-order valence-corrected chi connectivity index (χ2v) is 5.92. The first-order chi connectivity index (χ1) is 10.1. The Kier molecular flexibility index (Phi) is 6.10. The summed E-state index contributed by atoms with van der Waals surface area (Å²) in [4.78, 5) is 11.8. The van der Waals surface area contributed by atoms with Crippen LogP contribution in [-0.2, 0) is 6.54 Å². The zero-order valence-corrected chi connectivity index (χ0v) is 12.3. The Morgan fingerprint density at radius 3 is 3.05 bits per heavy atom. The summed E-state index contributed by atoms with van der Waals surface area (Å²) < 4.78 is 28.6. The quantitative estimate of drug-likeness (QED) is 0.878. The number of hydrogen-bond donors (Lipinski definition) is 2. The number of thioether (sulfide) groups is 1. The van der Waals surface area contributed by atoms with E-state index in [9.17, 15) is 13.6 Å². The molecule has 7 heteroatoms. The van der Waals surface area contributed by atoms with Crippen LogP contribution in [0.1, 0.15) is 18.4 Å². The lowest BCUT2D eigenvalue weighted by Crippen LogP contribution is -2.44. The molecule has 2 N–H and O–H groups in total. The SMILES string of the molecule is O=C(NCc1cccc(OC(F)F)c1)N[C@@H]1CCCSC1. The molecule has 1 aromatic rings. The van der Waals surface area contributed by atoms with E-state index in [1.165, 1.54) is 12.1 Å². The highest BCUT2D eigenvalue weighted by atomic mass is 32.2. The van der Waals surface area contributed by atoms with E-state index in [1.807, 2.05) is 11.8 Å². The van der Waals surface area contributed by atoms with Gasteiger partial charge in [0, 0.05) is 18.3 Å². The fraction of sp³-hybridized carbons (Fsp3) is 0.500. The largest absolute Gasteiger partial charge is 0.435 e. The van der Waals surface area contributed by atoms with Gasteiger partial charge >= 0.3 is 12.6 Å². The molecular formula is C14H18F2N2O2S. The molecule has 0 bridgehead atoms. The molecule has 2 amide bonds. The summed E-state index contributed by atoms with van der Waals surface area (Å²) in [6.45, 7) is -2.58. The standard InChI is InChI=1S/C14H18F2N2O2S/c15-13(16)20-12-5-1-3-10(7-12)8-17-14(19)18-11-4-2-6-21-9-11/h1,3,5,7,11,13H,2,4,6,8-9H2,(H2,17,18,19)/t11-/m1/s1. The number of benzene rings is 1. The Hall–Kier alpha value is -1.50. The van der Waals surface area contributed by atoms with Crippen LogP contribution in [0.3, 0.4) is 0 Å². The van der Waals surface area contributed by atoms with Crippen LogP contribution in [-0.4, -0.2) is 30.2 Å². The minimum Gasteiger partial charge on any atom is -0.435 e. The number of nitrogens with one attached hydrogen (secondary N) is 2. The molecule has 116 valence electrons. The zero-order valence-electron chi connectivity index (χ0n) is 11.5. The number of urea groups is 1. The Morgan fingerprint density at radius 1 is 1.48 bits per heavy atom. The van der Waals surface area contributed by atoms with Gasteiger partial charge in [-0.1, -0.05) is 12.1 Å². The van der Waals surface area contributed by atoms with Gasteiger partial charge in [-0.05, 0) is 36.3 Å². The van der Waals surface area contributed by atoms with Crippen LogP contribution in [0.25, 0.3) is 0 Å². The van der Waals surface area contributed by atoms with Gasteiger partial charge in [0.05, 0.1) is 0 Å². The van der Waals surface area contributed by atoms with Gasteiger partial charge in [0.15, 0.2) is 0 Å². The maximum atomic E-state index is 12.1. The molecule has 1 atom stereocenters. The molecule has 2 rings (SSSR count). The maximum absolute atomic E-state index is 12.1. The van der Waals surface area contributed by atoms with E-state index in [0.29, 0.717) is 5.56 Å². The van der Waals surface area contributed by atoms with Crippen molar-refractivity contribution in [2.75, 3.05) is 11.5 Å². The summed E-state index contributed by atoms with van der Waals surface area (Å²) in [5.41, 5.74) is 0.710. The van der Waals surface area contributed by atoms with E-state index in [2.05, 4.69) is 15.4 Å². The molecule has 21 heavy (non-hydrogen) atoms. The fourth-order valence-electron chi connectivity index (χ4n) is 2.10. The smallest absolute Gasteiger partial charge is 0.387 e. The van der Waals surface area contributed by atoms with E-state index < -0.39 is 6.61 Å². The van der Waals surface area contributed by atoms with Crippen LogP contribution in [0.2, 0.25) is 0 Å². The van der Waals surface area contributed by atoms with Crippen molar-refractivity contribution in [2.45, 2.75) is 32.0 Å². The maximum Gasteiger partial charge on any atom is 0.387 e. The van der Waals surface area contributed by atoms with Crippen LogP contribution in [0.15, 0.2) is 24.3 Å². The third-order valence-corrected chi connectivity index (χ3v) is 4.29. The molecule has 0 aliphatic carbocycles. The topological polar surface area (TPSA) is 50.4 Å². The first kappa shape index (κ1) is 15.9. The van der Waals surface area contributed by atoms with Crippen molar-refractivity contribution in [2.24, 2.45) is 0 Å². The lowest BCUT2D eigenvalue weighted by atomic mass is 10.2. The minimum atomic E-state index is -2.85. The highest BCUT2D eigenvalue weighted by molar-refractivity contribution is 7.99. The molecule has 0 aromatic heterocycles. The van der Waals surface area contributed by atoms with Gasteiger partial charge in [0.25, 0.3) is 0 Å². The molecule has 0 saturated carbocycles. The Morgan fingerprint density at radius 2 is 2.33 bits per heavy atom. The van der Waals surface area contributed by atoms with Crippen molar-refractivity contribution in [1.29, 1.82) is 0 Å². The third-order valence-electron chi connectivity index (χ3n) is 3.07. The lowest BCUT2D eigenvalue weighted by molar-refractivity contribution is -0.0498. The Labute approximate surface area is 126 Å². The summed E-state index contributed by atoms with van der Waals surface area (Å²) in [5, 5.41) is 5.64. The van der Waals surface area contributed by atoms with Crippen LogP contribution in [0.5, 0.6) is 5.75 Å². The molecule has 1 aliphatic rings. The van der Waals surface area contributed by atoms with Crippen molar-refractivity contribution < 1.29 is 18.3 Å². The van der Waals surface area contributed by atoms with E-state index >= 15 is 0 Å². The van der Waals surface area contributed by atoms with Crippen molar-refractivity contribution >= 4 is 17.8 Å². The normalized spacial score (nSPS) is 18.3. The number of hydrogen-bond acceptors (Lipinski definition) is 3. The molecule has 1 aliphatic heterocycles. The molecule has 1 saturated heterocycles. The Bertz CT molecular complexity index is 468. The summed E-state index contributed by atoms with van der Waals surface area (Å²) in [7, 11) is 0. The van der Waals surface area contributed by atoms with Gasteiger partial charge in [0.2, 0.25) is 0 Å². The molecule has 0 spiro atoms. The molecule has 4 nitrogen and oxygen atoms in total. The Balaban J connectivity index is 1.77. The van der Waals surface area contributed by atoms with E-state index in [-0.39, 0.29) is 24.4 Å². The van der Waals surface area contributed by atoms with Gasteiger partial charge in [-0.15, -0.1) is 0 Å². The summed E-state index contributed by atoms with van der Waals surface area (Å²) in [6.07, 6.45) is 2.11. The third kappa shape index (κ3) is 5.79. The number of carbonyl (C=O) groups is 1. The second kappa shape index (κ2) is 8.07. The van der Waals surface area contributed by atoms with Crippen LogP contribution < -0.4 is 15.4 Å². The zero-order chi connectivity index (χ0) is 15.1. The monoisotopic (exact) mass is 316 g/mol.